The van der Waals surface area contributed by atoms with E-state index in [0.717, 1.165) is 12.0 Å². The summed E-state index contributed by atoms with van der Waals surface area (Å²) in [4.78, 5) is 0. The molecule has 0 aliphatic heterocycles. The molecule has 0 aliphatic rings. The second-order valence-corrected chi connectivity index (χ2v) is 6.19. The minimum absolute atomic E-state index is 0.193. The number of ether oxygens (including phenoxy) is 2. The molecular formula is C15H24ClNO2. The van der Waals surface area contributed by atoms with Crippen molar-refractivity contribution in [3.05, 3.63) is 22.7 Å². The van der Waals surface area contributed by atoms with Gasteiger partial charge in [-0.1, -0.05) is 32.4 Å². The van der Waals surface area contributed by atoms with Crippen molar-refractivity contribution in [2.45, 2.75) is 33.2 Å². The molecule has 0 radical (unpaired) electrons. The highest BCUT2D eigenvalue weighted by molar-refractivity contribution is 6.33. The molecule has 1 rings (SSSR count). The minimum Gasteiger partial charge on any atom is -0.495 e. The first-order valence-corrected chi connectivity index (χ1v) is 6.79. The molecule has 1 atom stereocenters. The summed E-state index contributed by atoms with van der Waals surface area (Å²) < 4.78 is 10.7. The molecule has 0 amide bonds. The highest BCUT2D eigenvalue weighted by Crippen LogP contribution is 2.41. The Morgan fingerprint density at radius 3 is 2.26 bits per heavy atom. The smallest absolute Gasteiger partial charge is 0.146 e. The van der Waals surface area contributed by atoms with Crippen molar-refractivity contribution in [2.75, 3.05) is 21.3 Å². The maximum Gasteiger partial charge on any atom is 0.146 e. The van der Waals surface area contributed by atoms with Crippen LogP contribution >= 0.6 is 11.6 Å². The SMILES string of the molecule is CNC(CC(C)(C)C)c1ccc(OC)c(Cl)c1OC. The van der Waals surface area contributed by atoms with Crippen molar-refractivity contribution in [1.82, 2.24) is 5.32 Å². The van der Waals surface area contributed by atoms with Gasteiger partial charge in [-0.05, 0) is 31.0 Å². The lowest BCUT2D eigenvalue weighted by atomic mass is 9.85. The van der Waals surface area contributed by atoms with Crippen LogP contribution in [0.25, 0.3) is 0 Å². The van der Waals surface area contributed by atoms with E-state index in [9.17, 15) is 0 Å². The number of hydrogen-bond donors (Lipinski definition) is 1. The molecule has 4 heteroatoms. The third-order valence-electron chi connectivity index (χ3n) is 3.06. The van der Waals surface area contributed by atoms with Crippen LogP contribution in [0.15, 0.2) is 12.1 Å². The Bertz CT molecular complexity index is 427. The number of benzene rings is 1. The summed E-state index contributed by atoms with van der Waals surface area (Å²) in [5, 5.41) is 3.86. The summed E-state index contributed by atoms with van der Waals surface area (Å²) in [6.07, 6.45) is 0.989. The van der Waals surface area contributed by atoms with Gasteiger partial charge in [-0.3, -0.25) is 0 Å². The highest BCUT2D eigenvalue weighted by Gasteiger charge is 2.24. The largest absolute Gasteiger partial charge is 0.495 e. The summed E-state index contributed by atoms with van der Waals surface area (Å²) in [6.45, 7) is 6.65. The van der Waals surface area contributed by atoms with Gasteiger partial charge in [0.05, 0.1) is 14.2 Å². The molecule has 0 fully saturated rings. The van der Waals surface area contributed by atoms with E-state index in [0.29, 0.717) is 16.5 Å². The van der Waals surface area contributed by atoms with Gasteiger partial charge in [-0.15, -0.1) is 0 Å². The first-order valence-electron chi connectivity index (χ1n) is 6.41. The number of halogens is 1. The van der Waals surface area contributed by atoms with E-state index in [1.165, 1.54) is 0 Å². The summed E-state index contributed by atoms with van der Waals surface area (Å²) >= 11 is 6.31. The lowest BCUT2D eigenvalue weighted by Gasteiger charge is -2.27. The predicted molar refractivity (Wildman–Crippen MR) is 80.4 cm³/mol. The lowest BCUT2D eigenvalue weighted by molar-refractivity contribution is 0.312. The number of nitrogens with one attached hydrogen (secondary N) is 1. The van der Waals surface area contributed by atoms with Crippen LogP contribution in [-0.4, -0.2) is 21.3 Å². The maximum absolute atomic E-state index is 6.31. The average molecular weight is 286 g/mol. The zero-order chi connectivity index (χ0) is 14.6. The van der Waals surface area contributed by atoms with Crippen LogP contribution < -0.4 is 14.8 Å². The topological polar surface area (TPSA) is 30.5 Å². The summed E-state index contributed by atoms with van der Waals surface area (Å²) in [7, 11) is 5.19. The van der Waals surface area contributed by atoms with Crippen molar-refractivity contribution in [3.8, 4) is 11.5 Å². The molecule has 0 bridgehead atoms. The fourth-order valence-electron chi connectivity index (χ4n) is 2.17. The lowest BCUT2D eigenvalue weighted by Crippen LogP contribution is -2.23. The minimum atomic E-state index is 0.193. The van der Waals surface area contributed by atoms with E-state index in [1.807, 2.05) is 19.2 Å². The van der Waals surface area contributed by atoms with E-state index in [1.54, 1.807) is 14.2 Å². The molecule has 0 heterocycles. The maximum atomic E-state index is 6.31. The van der Waals surface area contributed by atoms with Gasteiger partial charge in [-0.2, -0.15) is 0 Å². The standard InChI is InChI=1S/C15H24ClNO2/c1-15(2,3)9-11(17-4)10-7-8-12(18-5)13(16)14(10)19-6/h7-8,11,17H,9H2,1-6H3. The Morgan fingerprint density at radius 1 is 1.21 bits per heavy atom. The first-order chi connectivity index (χ1) is 8.84. The van der Waals surface area contributed by atoms with Gasteiger partial charge in [0, 0.05) is 11.6 Å². The Balaban J connectivity index is 3.21. The fraction of sp³-hybridized carbons (Fsp3) is 0.600. The predicted octanol–water partition coefficient (Wildman–Crippen LogP) is 4.05. The van der Waals surface area contributed by atoms with E-state index in [2.05, 4.69) is 26.1 Å². The van der Waals surface area contributed by atoms with E-state index in [4.69, 9.17) is 21.1 Å². The molecule has 0 aliphatic carbocycles. The Hall–Kier alpha value is -0.930. The van der Waals surface area contributed by atoms with Gasteiger partial charge in [0.2, 0.25) is 0 Å². The summed E-state index contributed by atoms with van der Waals surface area (Å²) in [5.74, 6) is 1.32. The van der Waals surface area contributed by atoms with Crippen molar-refractivity contribution < 1.29 is 9.47 Å². The Labute approximate surface area is 121 Å². The second kappa shape index (κ2) is 6.49. The number of hydrogen-bond acceptors (Lipinski definition) is 3. The molecule has 0 spiro atoms. The molecule has 0 saturated heterocycles. The Kier molecular flexibility index (Phi) is 5.50. The molecule has 108 valence electrons. The first kappa shape index (κ1) is 16.1. The fourth-order valence-corrected chi connectivity index (χ4v) is 2.50. The summed E-state index contributed by atoms with van der Waals surface area (Å²) in [5.41, 5.74) is 1.27. The molecule has 19 heavy (non-hydrogen) atoms. The molecule has 1 aromatic rings. The van der Waals surface area contributed by atoms with Crippen LogP contribution in [0.2, 0.25) is 5.02 Å². The average Bonchev–Trinajstić information content (AvgIpc) is 2.34. The van der Waals surface area contributed by atoms with Crippen molar-refractivity contribution >= 4 is 11.6 Å². The van der Waals surface area contributed by atoms with E-state index >= 15 is 0 Å². The van der Waals surface area contributed by atoms with Gasteiger partial charge in [-0.25, -0.2) is 0 Å². The molecule has 1 aromatic carbocycles. The highest BCUT2D eigenvalue weighted by atomic mass is 35.5. The van der Waals surface area contributed by atoms with E-state index in [-0.39, 0.29) is 11.5 Å². The van der Waals surface area contributed by atoms with Crippen LogP contribution in [0.5, 0.6) is 11.5 Å². The van der Waals surface area contributed by atoms with Crippen LogP contribution in [-0.2, 0) is 0 Å². The third-order valence-corrected chi connectivity index (χ3v) is 3.41. The van der Waals surface area contributed by atoms with Gasteiger partial charge >= 0.3 is 0 Å². The molecule has 0 saturated carbocycles. The van der Waals surface area contributed by atoms with E-state index < -0.39 is 0 Å². The molecule has 1 N–H and O–H groups in total. The van der Waals surface area contributed by atoms with Gasteiger partial charge in [0.1, 0.15) is 16.5 Å². The molecular weight excluding hydrogens is 262 g/mol. The third kappa shape index (κ3) is 4.02. The monoisotopic (exact) mass is 285 g/mol. The van der Waals surface area contributed by atoms with Crippen LogP contribution in [0.3, 0.4) is 0 Å². The van der Waals surface area contributed by atoms with Crippen molar-refractivity contribution in [1.29, 1.82) is 0 Å². The summed E-state index contributed by atoms with van der Waals surface area (Å²) in [6, 6.07) is 4.09. The Morgan fingerprint density at radius 2 is 1.84 bits per heavy atom. The van der Waals surface area contributed by atoms with Gasteiger partial charge in [0.25, 0.3) is 0 Å². The van der Waals surface area contributed by atoms with Gasteiger partial charge in [0.15, 0.2) is 0 Å². The molecule has 3 nitrogen and oxygen atoms in total. The van der Waals surface area contributed by atoms with Gasteiger partial charge < -0.3 is 14.8 Å². The van der Waals surface area contributed by atoms with Crippen molar-refractivity contribution in [2.24, 2.45) is 5.41 Å². The van der Waals surface area contributed by atoms with Crippen LogP contribution in [0.4, 0.5) is 0 Å². The number of rotatable bonds is 5. The molecule has 0 aromatic heterocycles. The van der Waals surface area contributed by atoms with Crippen LogP contribution in [0.1, 0.15) is 38.8 Å². The zero-order valence-corrected chi connectivity index (χ0v) is 13.4. The van der Waals surface area contributed by atoms with Crippen molar-refractivity contribution in [3.63, 3.8) is 0 Å². The normalized spacial score (nSPS) is 13.2. The second-order valence-electron chi connectivity index (χ2n) is 5.81. The van der Waals surface area contributed by atoms with Crippen LogP contribution in [0, 0.1) is 5.41 Å². The molecule has 1 unspecified atom stereocenters. The number of methoxy groups -OCH3 is 2. The quantitative estimate of drug-likeness (QED) is 0.885. The zero-order valence-electron chi connectivity index (χ0n) is 12.6.